The van der Waals surface area contributed by atoms with E-state index < -0.39 is 11.6 Å². The smallest absolute Gasteiger partial charge is 0.235 e. The quantitative estimate of drug-likeness (QED) is 0.721. The number of aromatic nitrogens is 2. The molecule has 2 N–H and O–H groups in total. The van der Waals surface area contributed by atoms with Crippen LogP contribution < -0.4 is 5.32 Å². The van der Waals surface area contributed by atoms with Crippen LogP contribution >= 0.6 is 11.8 Å². The maximum atomic E-state index is 13.8. The van der Waals surface area contributed by atoms with Crippen LogP contribution in [0.2, 0.25) is 0 Å². The fourth-order valence-corrected chi connectivity index (χ4v) is 2.87. The molecule has 0 bridgehead atoms. The average Bonchev–Trinajstić information content (AvgIpc) is 3.03. The Kier molecular flexibility index (Phi) is 3.84. The van der Waals surface area contributed by atoms with Gasteiger partial charge in [-0.05, 0) is 13.0 Å². The predicted octanol–water partition coefficient (Wildman–Crippen LogP) is 3.47. The van der Waals surface area contributed by atoms with Crippen LogP contribution in [-0.2, 0) is 4.79 Å². The number of rotatable bonds is 4. The normalized spacial score (nSPS) is 11.0. The minimum absolute atomic E-state index is 0.0652. The molecule has 5 nitrogen and oxygen atoms in total. The number of thioether (sulfide) groups is 1. The van der Waals surface area contributed by atoms with E-state index in [4.69, 9.17) is 4.52 Å². The van der Waals surface area contributed by atoms with Gasteiger partial charge in [0, 0.05) is 28.6 Å². The van der Waals surface area contributed by atoms with Crippen molar-refractivity contribution in [3.8, 4) is 0 Å². The summed E-state index contributed by atoms with van der Waals surface area (Å²) < 4.78 is 31.8. The number of carbonyl (C=O) groups excluding carboxylic acids is 1. The molecule has 3 aromatic rings. The molecule has 114 valence electrons. The van der Waals surface area contributed by atoms with Crippen LogP contribution in [0.25, 0.3) is 10.9 Å². The number of aryl methyl sites for hydroxylation is 1. The zero-order valence-electron chi connectivity index (χ0n) is 11.4. The zero-order valence-corrected chi connectivity index (χ0v) is 12.3. The zero-order chi connectivity index (χ0) is 15.7. The van der Waals surface area contributed by atoms with Gasteiger partial charge in [-0.25, -0.2) is 8.78 Å². The Bertz CT molecular complexity index is 844. The molecule has 0 unspecified atom stereocenters. The summed E-state index contributed by atoms with van der Waals surface area (Å²) in [5.74, 6) is -0.627. The number of benzene rings is 1. The Morgan fingerprint density at radius 2 is 2.23 bits per heavy atom. The highest BCUT2D eigenvalue weighted by Crippen LogP contribution is 2.30. The van der Waals surface area contributed by atoms with Crippen molar-refractivity contribution in [3.63, 3.8) is 0 Å². The van der Waals surface area contributed by atoms with E-state index in [-0.39, 0.29) is 17.0 Å². The van der Waals surface area contributed by atoms with E-state index >= 15 is 0 Å². The van der Waals surface area contributed by atoms with Gasteiger partial charge in [-0.15, -0.1) is 11.8 Å². The van der Waals surface area contributed by atoms with E-state index in [0.29, 0.717) is 22.0 Å². The van der Waals surface area contributed by atoms with Crippen LogP contribution in [0.1, 0.15) is 5.76 Å². The molecule has 1 amide bonds. The SMILES string of the molecule is Cc1cc(NC(=O)CSc2c[nH]c3cc(F)cc(F)c23)no1. The molecule has 2 heterocycles. The summed E-state index contributed by atoms with van der Waals surface area (Å²) in [5.41, 5.74) is 0.354. The Hall–Kier alpha value is -2.35. The number of H-pyrrole nitrogens is 1. The molecule has 0 aliphatic carbocycles. The van der Waals surface area contributed by atoms with E-state index in [1.165, 1.54) is 6.07 Å². The molecule has 0 radical (unpaired) electrons. The van der Waals surface area contributed by atoms with Gasteiger partial charge in [0.25, 0.3) is 0 Å². The van der Waals surface area contributed by atoms with Crippen LogP contribution in [0.3, 0.4) is 0 Å². The Morgan fingerprint density at radius 1 is 1.41 bits per heavy atom. The number of nitrogens with zero attached hydrogens (tertiary/aromatic N) is 1. The number of carbonyl (C=O) groups is 1. The van der Waals surface area contributed by atoms with Crippen molar-refractivity contribution < 1.29 is 18.1 Å². The molecule has 1 aromatic carbocycles. The summed E-state index contributed by atoms with van der Waals surface area (Å²) in [7, 11) is 0. The highest BCUT2D eigenvalue weighted by molar-refractivity contribution is 8.00. The minimum atomic E-state index is -0.661. The lowest BCUT2D eigenvalue weighted by Crippen LogP contribution is -2.14. The van der Waals surface area contributed by atoms with Gasteiger partial charge in [0.15, 0.2) is 5.82 Å². The van der Waals surface area contributed by atoms with E-state index in [0.717, 1.165) is 17.8 Å². The molecule has 3 rings (SSSR count). The molecule has 0 atom stereocenters. The summed E-state index contributed by atoms with van der Waals surface area (Å²) in [4.78, 5) is 15.1. The summed E-state index contributed by atoms with van der Waals surface area (Å²) >= 11 is 1.15. The van der Waals surface area contributed by atoms with E-state index in [1.807, 2.05) is 0 Å². The first kappa shape index (κ1) is 14.6. The molecule has 2 aromatic heterocycles. The third kappa shape index (κ3) is 2.96. The minimum Gasteiger partial charge on any atom is -0.360 e. The summed E-state index contributed by atoms with van der Waals surface area (Å²) in [6.07, 6.45) is 1.55. The molecule has 8 heteroatoms. The lowest BCUT2D eigenvalue weighted by molar-refractivity contribution is -0.113. The fourth-order valence-electron chi connectivity index (χ4n) is 2.01. The number of anilines is 1. The van der Waals surface area contributed by atoms with Crippen LogP contribution in [0, 0.1) is 18.6 Å². The number of fused-ring (bicyclic) bond motifs is 1. The summed E-state index contributed by atoms with van der Waals surface area (Å²) in [5, 5.41) is 6.49. The Morgan fingerprint density at radius 3 is 2.95 bits per heavy atom. The lowest BCUT2D eigenvalue weighted by Gasteiger charge is -2.01. The molecule has 0 spiro atoms. The van der Waals surface area contributed by atoms with Gasteiger partial charge in [-0.2, -0.15) is 0 Å². The van der Waals surface area contributed by atoms with Crippen LogP contribution in [0.4, 0.5) is 14.6 Å². The van der Waals surface area contributed by atoms with Crippen molar-refractivity contribution in [3.05, 3.63) is 41.8 Å². The van der Waals surface area contributed by atoms with Gasteiger partial charge in [-0.3, -0.25) is 4.79 Å². The molecule has 22 heavy (non-hydrogen) atoms. The second-order valence-corrected chi connectivity index (χ2v) is 5.64. The monoisotopic (exact) mass is 323 g/mol. The highest BCUT2D eigenvalue weighted by Gasteiger charge is 2.13. The van der Waals surface area contributed by atoms with Crippen LogP contribution in [0.5, 0.6) is 0 Å². The highest BCUT2D eigenvalue weighted by atomic mass is 32.2. The molecule has 0 saturated carbocycles. The third-order valence-electron chi connectivity index (χ3n) is 2.91. The third-order valence-corrected chi connectivity index (χ3v) is 3.95. The summed E-state index contributed by atoms with van der Waals surface area (Å²) in [6.45, 7) is 1.71. The lowest BCUT2D eigenvalue weighted by atomic mass is 10.2. The van der Waals surface area contributed by atoms with E-state index in [9.17, 15) is 13.6 Å². The predicted molar refractivity (Wildman–Crippen MR) is 78.8 cm³/mol. The molecule has 0 fully saturated rings. The molecular weight excluding hydrogens is 312 g/mol. The van der Waals surface area contributed by atoms with Gasteiger partial charge in [-0.1, -0.05) is 5.16 Å². The van der Waals surface area contributed by atoms with Gasteiger partial charge >= 0.3 is 0 Å². The second kappa shape index (κ2) is 5.80. The van der Waals surface area contributed by atoms with Gasteiger partial charge < -0.3 is 14.8 Å². The Labute approximate surface area is 128 Å². The topological polar surface area (TPSA) is 70.9 Å². The molecule has 0 aliphatic rings. The van der Waals surface area contributed by atoms with Crippen LogP contribution in [-0.4, -0.2) is 21.8 Å². The van der Waals surface area contributed by atoms with Crippen molar-refractivity contribution >= 4 is 34.4 Å². The first-order valence-corrected chi connectivity index (χ1v) is 7.33. The van der Waals surface area contributed by atoms with Gasteiger partial charge in [0.1, 0.15) is 17.4 Å². The van der Waals surface area contributed by atoms with Gasteiger partial charge in [0.05, 0.1) is 11.3 Å². The Balaban J connectivity index is 1.70. The van der Waals surface area contributed by atoms with E-state index in [1.54, 1.807) is 19.2 Å². The van der Waals surface area contributed by atoms with Crippen molar-refractivity contribution in [2.75, 3.05) is 11.1 Å². The number of hydrogen-bond acceptors (Lipinski definition) is 4. The van der Waals surface area contributed by atoms with Crippen molar-refractivity contribution in [2.24, 2.45) is 0 Å². The fraction of sp³-hybridized carbons (Fsp3) is 0.143. The molecular formula is C14H11F2N3O2S. The maximum Gasteiger partial charge on any atom is 0.235 e. The number of hydrogen-bond donors (Lipinski definition) is 2. The first-order valence-electron chi connectivity index (χ1n) is 6.35. The second-order valence-electron chi connectivity index (χ2n) is 4.62. The van der Waals surface area contributed by atoms with Crippen molar-refractivity contribution in [1.82, 2.24) is 10.1 Å². The average molecular weight is 323 g/mol. The number of halogens is 2. The van der Waals surface area contributed by atoms with Crippen LogP contribution in [0.15, 0.2) is 33.8 Å². The number of amides is 1. The maximum absolute atomic E-state index is 13.8. The largest absolute Gasteiger partial charge is 0.360 e. The molecule has 0 aliphatic heterocycles. The van der Waals surface area contributed by atoms with E-state index in [2.05, 4.69) is 15.5 Å². The first-order chi connectivity index (χ1) is 10.5. The van der Waals surface area contributed by atoms with Gasteiger partial charge in [0.2, 0.25) is 5.91 Å². The van der Waals surface area contributed by atoms with Crippen molar-refractivity contribution in [2.45, 2.75) is 11.8 Å². The molecule has 0 saturated heterocycles. The standard InChI is InChI=1S/C14H11F2N3O2S/c1-7-2-12(19-21-7)18-13(20)6-22-11-5-17-10-4-8(15)3-9(16)14(10)11/h2-5,17H,6H2,1H3,(H,18,19,20). The van der Waals surface area contributed by atoms with Crippen molar-refractivity contribution in [1.29, 1.82) is 0 Å². The number of nitrogens with one attached hydrogen (secondary N) is 2. The number of aromatic amines is 1. The summed E-state index contributed by atoms with van der Waals surface area (Å²) in [6, 6.07) is 3.62.